The lowest BCUT2D eigenvalue weighted by Crippen LogP contribution is -2.35. The molecule has 0 aromatic heterocycles. The van der Waals surface area contributed by atoms with E-state index in [2.05, 4.69) is 26.6 Å². The minimum absolute atomic E-state index is 1.06. The van der Waals surface area contributed by atoms with Crippen LogP contribution in [0.2, 0.25) is 0 Å². The van der Waals surface area contributed by atoms with Gasteiger partial charge in [0.1, 0.15) is 0 Å². The van der Waals surface area contributed by atoms with Gasteiger partial charge in [-0.3, -0.25) is 0 Å². The van der Waals surface area contributed by atoms with Crippen LogP contribution in [-0.4, -0.2) is 65.4 Å². The van der Waals surface area contributed by atoms with Crippen LogP contribution >= 0.6 is 0 Å². The molecule has 0 atom stereocenters. The molecule has 1 saturated heterocycles. The van der Waals surface area contributed by atoms with Crippen molar-refractivity contribution in [3.05, 3.63) is 0 Å². The zero-order chi connectivity index (χ0) is 10.6. The smallest absolute Gasteiger partial charge is 0.00772 e. The highest BCUT2D eigenvalue weighted by molar-refractivity contribution is 4.59. The first-order valence-corrected chi connectivity index (χ1v) is 6.04. The van der Waals surface area contributed by atoms with Crippen molar-refractivity contribution < 1.29 is 0 Å². The van der Waals surface area contributed by atoms with Crippen LogP contribution < -0.4 is 26.6 Å². The lowest BCUT2D eigenvalue weighted by molar-refractivity contribution is 0.577. The van der Waals surface area contributed by atoms with E-state index in [1.807, 2.05) is 0 Å². The Morgan fingerprint density at radius 2 is 0.400 bits per heavy atom. The summed E-state index contributed by atoms with van der Waals surface area (Å²) in [5, 5.41) is 16.9. The van der Waals surface area contributed by atoms with Gasteiger partial charge in [0.2, 0.25) is 0 Å². The van der Waals surface area contributed by atoms with Gasteiger partial charge in [0.25, 0.3) is 0 Å². The second kappa shape index (κ2) is 10.3. The van der Waals surface area contributed by atoms with Crippen molar-refractivity contribution >= 4 is 0 Å². The van der Waals surface area contributed by atoms with Gasteiger partial charge in [0.05, 0.1) is 0 Å². The first kappa shape index (κ1) is 12.9. The zero-order valence-corrected chi connectivity index (χ0v) is 9.57. The van der Waals surface area contributed by atoms with Gasteiger partial charge in [-0.2, -0.15) is 0 Å². The summed E-state index contributed by atoms with van der Waals surface area (Å²) in [6.07, 6.45) is 0. The predicted molar refractivity (Wildman–Crippen MR) is 64.3 cm³/mol. The van der Waals surface area contributed by atoms with Crippen molar-refractivity contribution in [2.24, 2.45) is 0 Å². The van der Waals surface area contributed by atoms with Crippen LogP contribution in [-0.2, 0) is 0 Å². The van der Waals surface area contributed by atoms with E-state index in [0.717, 1.165) is 65.4 Å². The molecule has 0 saturated carbocycles. The van der Waals surface area contributed by atoms with Gasteiger partial charge in [-0.15, -0.1) is 0 Å². The lowest BCUT2D eigenvalue weighted by Gasteiger charge is -2.06. The molecule has 0 aromatic rings. The van der Waals surface area contributed by atoms with Crippen LogP contribution in [0.25, 0.3) is 0 Å². The Hall–Kier alpha value is -0.200. The molecular formula is C10H25N5. The molecule has 5 nitrogen and oxygen atoms in total. The molecule has 5 heteroatoms. The maximum atomic E-state index is 3.39. The quantitative estimate of drug-likeness (QED) is 0.322. The highest BCUT2D eigenvalue weighted by Crippen LogP contribution is 1.66. The van der Waals surface area contributed by atoms with Crippen molar-refractivity contribution in [2.75, 3.05) is 65.4 Å². The molecule has 1 rings (SSSR count). The van der Waals surface area contributed by atoms with E-state index in [-0.39, 0.29) is 0 Å². The second-order valence-electron chi connectivity index (χ2n) is 3.75. The minimum Gasteiger partial charge on any atom is -0.314 e. The Morgan fingerprint density at radius 1 is 0.267 bits per heavy atom. The number of hydrogen-bond donors (Lipinski definition) is 5. The number of hydrogen-bond acceptors (Lipinski definition) is 5. The SMILES string of the molecule is C1CNCCNCCNCCNCCN1. The normalized spacial score (nSPS) is 24.0. The Labute approximate surface area is 92.8 Å². The van der Waals surface area contributed by atoms with Crippen LogP contribution in [0.3, 0.4) is 0 Å². The van der Waals surface area contributed by atoms with Crippen molar-refractivity contribution in [3.8, 4) is 0 Å². The lowest BCUT2D eigenvalue weighted by atomic mass is 10.5. The molecule has 0 aromatic carbocycles. The van der Waals surface area contributed by atoms with Gasteiger partial charge in [0.15, 0.2) is 0 Å². The summed E-state index contributed by atoms with van der Waals surface area (Å²) in [5.41, 5.74) is 0. The molecular weight excluding hydrogens is 190 g/mol. The van der Waals surface area contributed by atoms with Gasteiger partial charge >= 0.3 is 0 Å². The van der Waals surface area contributed by atoms with Gasteiger partial charge in [-0.05, 0) is 0 Å². The maximum Gasteiger partial charge on any atom is 0.00772 e. The van der Waals surface area contributed by atoms with Crippen LogP contribution in [0.4, 0.5) is 0 Å². The van der Waals surface area contributed by atoms with Crippen molar-refractivity contribution in [3.63, 3.8) is 0 Å². The summed E-state index contributed by atoms with van der Waals surface area (Å²) < 4.78 is 0. The Morgan fingerprint density at radius 3 is 0.533 bits per heavy atom. The second-order valence-corrected chi connectivity index (χ2v) is 3.75. The van der Waals surface area contributed by atoms with Crippen molar-refractivity contribution in [2.45, 2.75) is 0 Å². The summed E-state index contributed by atoms with van der Waals surface area (Å²) in [4.78, 5) is 0. The molecule has 0 amide bonds. The van der Waals surface area contributed by atoms with E-state index in [9.17, 15) is 0 Å². The molecule has 90 valence electrons. The van der Waals surface area contributed by atoms with E-state index in [1.165, 1.54) is 0 Å². The summed E-state index contributed by atoms with van der Waals surface area (Å²) in [5.74, 6) is 0. The third-order valence-corrected chi connectivity index (χ3v) is 2.39. The average Bonchev–Trinajstić information content (AvgIpc) is 2.27. The fourth-order valence-electron chi connectivity index (χ4n) is 1.51. The molecule has 0 aliphatic carbocycles. The van der Waals surface area contributed by atoms with Gasteiger partial charge in [-0.1, -0.05) is 0 Å². The van der Waals surface area contributed by atoms with Crippen molar-refractivity contribution in [1.82, 2.24) is 26.6 Å². The molecule has 0 radical (unpaired) electrons. The molecule has 15 heavy (non-hydrogen) atoms. The number of rotatable bonds is 0. The zero-order valence-electron chi connectivity index (χ0n) is 9.57. The molecule has 0 unspecified atom stereocenters. The molecule has 0 bridgehead atoms. The highest BCUT2D eigenvalue weighted by atomic mass is 15.0. The third-order valence-electron chi connectivity index (χ3n) is 2.39. The van der Waals surface area contributed by atoms with E-state index in [4.69, 9.17) is 0 Å². The maximum absolute atomic E-state index is 3.39. The van der Waals surface area contributed by atoms with Gasteiger partial charge in [-0.25, -0.2) is 0 Å². The summed E-state index contributed by atoms with van der Waals surface area (Å²) >= 11 is 0. The van der Waals surface area contributed by atoms with E-state index >= 15 is 0 Å². The number of nitrogens with one attached hydrogen (secondary N) is 5. The average molecular weight is 215 g/mol. The van der Waals surface area contributed by atoms with Gasteiger partial charge < -0.3 is 26.6 Å². The first-order chi connectivity index (χ1) is 7.50. The Kier molecular flexibility index (Phi) is 8.85. The summed E-state index contributed by atoms with van der Waals surface area (Å²) in [7, 11) is 0. The standard InChI is InChI=1S/C10H25N5/c1-2-12-5-6-14-9-10-15-8-7-13-4-3-11-1/h11-15H,1-10H2. The van der Waals surface area contributed by atoms with Crippen LogP contribution in [0, 0.1) is 0 Å². The van der Waals surface area contributed by atoms with Crippen LogP contribution in [0.15, 0.2) is 0 Å². The molecule has 1 aliphatic rings. The molecule has 0 spiro atoms. The first-order valence-electron chi connectivity index (χ1n) is 6.04. The van der Waals surface area contributed by atoms with Crippen LogP contribution in [0.5, 0.6) is 0 Å². The van der Waals surface area contributed by atoms with E-state index < -0.39 is 0 Å². The summed E-state index contributed by atoms with van der Waals surface area (Å²) in [6.45, 7) is 10.6. The summed E-state index contributed by atoms with van der Waals surface area (Å²) in [6, 6.07) is 0. The van der Waals surface area contributed by atoms with Crippen LogP contribution in [0.1, 0.15) is 0 Å². The Bertz CT molecular complexity index is 72.4. The van der Waals surface area contributed by atoms with Crippen molar-refractivity contribution in [1.29, 1.82) is 0 Å². The molecule has 5 N–H and O–H groups in total. The van der Waals surface area contributed by atoms with E-state index in [1.54, 1.807) is 0 Å². The fraction of sp³-hybridized carbons (Fsp3) is 1.00. The molecule has 1 heterocycles. The van der Waals surface area contributed by atoms with E-state index in [0.29, 0.717) is 0 Å². The fourth-order valence-corrected chi connectivity index (χ4v) is 1.51. The monoisotopic (exact) mass is 215 g/mol. The predicted octanol–water partition coefficient (Wildman–Crippen LogP) is -2.05. The minimum atomic E-state index is 1.06. The topological polar surface area (TPSA) is 60.1 Å². The molecule has 1 aliphatic heterocycles. The largest absolute Gasteiger partial charge is 0.314 e. The Balaban J connectivity index is 2.01. The third kappa shape index (κ3) is 8.77. The highest BCUT2D eigenvalue weighted by Gasteiger charge is 1.92. The molecule has 1 fully saturated rings. The van der Waals surface area contributed by atoms with Gasteiger partial charge in [0, 0.05) is 65.4 Å².